The maximum Gasteiger partial charge on any atom is 0.287 e. The highest BCUT2D eigenvalue weighted by Gasteiger charge is 2.30. The fraction of sp³-hybridized carbons (Fsp3) is 0.545. The molecule has 0 radical (unpaired) electrons. The average Bonchev–Trinajstić information content (AvgIpc) is 2.94. The van der Waals surface area contributed by atoms with Crippen molar-refractivity contribution in [1.29, 1.82) is 0 Å². The standard InChI is InChI=1S/C11H13BrClNO5S/c1-18-7-4-2-3-6(7)14-11(15)8-5-9(10(12)19-8)20(13,16)17/h5-7H,2-4H2,1H3,(H,14,15). The summed E-state index contributed by atoms with van der Waals surface area (Å²) in [4.78, 5) is 11.8. The van der Waals surface area contributed by atoms with Crippen molar-refractivity contribution >= 4 is 41.6 Å². The van der Waals surface area contributed by atoms with Gasteiger partial charge in [-0.25, -0.2) is 8.42 Å². The first-order chi connectivity index (χ1) is 9.32. The van der Waals surface area contributed by atoms with Crippen molar-refractivity contribution in [3.8, 4) is 0 Å². The van der Waals surface area contributed by atoms with Crippen molar-refractivity contribution in [3.63, 3.8) is 0 Å². The summed E-state index contributed by atoms with van der Waals surface area (Å²) >= 11 is 2.92. The molecule has 0 aliphatic heterocycles. The number of rotatable bonds is 4. The summed E-state index contributed by atoms with van der Waals surface area (Å²) in [6, 6.07) is 0.992. The molecule has 20 heavy (non-hydrogen) atoms. The number of ether oxygens (including phenoxy) is 1. The molecule has 9 heteroatoms. The maximum absolute atomic E-state index is 12.0. The molecule has 1 saturated carbocycles. The van der Waals surface area contributed by atoms with Crippen molar-refractivity contribution in [2.24, 2.45) is 0 Å². The van der Waals surface area contributed by atoms with E-state index >= 15 is 0 Å². The van der Waals surface area contributed by atoms with Gasteiger partial charge in [0.15, 0.2) is 10.4 Å². The lowest BCUT2D eigenvalue weighted by atomic mass is 10.2. The number of carbonyl (C=O) groups excluding carboxylic acids is 1. The van der Waals surface area contributed by atoms with Gasteiger partial charge in [0.25, 0.3) is 15.0 Å². The van der Waals surface area contributed by atoms with Crippen LogP contribution >= 0.6 is 26.6 Å². The van der Waals surface area contributed by atoms with Crippen LogP contribution in [0.15, 0.2) is 20.0 Å². The topological polar surface area (TPSA) is 85.6 Å². The maximum atomic E-state index is 12.0. The van der Waals surface area contributed by atoms with Gasteiger partial charge in [0.2, 0.25) is 0 Å². The smallest absolute Gasteiger partial charge is 0.287 e. The molecule has 2 atom stereocenters. The zero-order valence-corrected chi connectivity index (χ0v) is 13.7. The van der Waals surface area contributed by atoms with E-state index in [9.17, 15) is 13.2 Å². The molecule has 1 aromatic heterocycles. The van der Waals surface area contributed by atoms with Gasteiger partial charge in [0, 0.05) is 23.9 Å². The van der Waals surface area contributed by atoms with E-state index in [2.05, 4.69) is 21.2 Å². The molecular weight excluding hydrogens is 374 g/mol. The predicted molar refractivity (Wildman–Crippen MR) is 75.3 cm³/mol. The summed E-state index contributed by atoms with van der Waals surface area (Å²) in [6.07, 6.45) is 2.62. The van der Waals surface area contributed by atoms with Gasteiger partial charge in [0.1, 0.15) is 4.90 Å². The lowest BCUT2D eigenvalue weighted by molar-refractivity contribution is 0.0705. The number of halogens is 2. The van der Waals surface area contributed by atoms with Crippen LogP contribution in [0.5, 0.6) is 0 Å². The minimum absolute atomic E-state index is 0.0337. The van der Waals surface area contributed by atoms with E-state index in [1.54, 1.807) is 7.11 Å². The molecule has 1 aromatic rings. The van der Waals surface area contributed by atoms with Gasteiger partial charge in [-0.15, -0.1) is 0 Å². The fourth-order valence-electron chi connectivity index (χ4n) is 2.24. The van der Waals surface area contributed by atoms with Crippen molar-refractivity contribution in [1.82, 2.24) is 5.32 Å². The molecule has 1 heterocycles. The second-order valence-corrected chi connectivity index (χ2v) is 7.73. The Balaban J connectivity index is 2.14. The minimum Gasteiger partial charge on any atom is -0.443 e. The first kappa shape index (κ1) is 15.8. The number of furan rings is 1. The molecule has 1 aliphatic rings. The Kier molecular flexibility index (Phi) is 4.78. The van der Waals surface area contributed by atoms with Gasteiger partial charge >= 0.3 is 0 Å². The van der Waals surface area contributed by atoms with Gasteiger partial charge in [0.05, 0.1) is 12.1 Å². The Morgan fingerprint density at radius 2 is 2.25 bits per heavy atom. The molecule has 0 saturated heterocycles. The third-order valence-electron chi connectivity index (χ3n) is 3.21. The van der Waals surface area contributed by atoms with Crippen LogP contribution in [0, 0.1) is 0 Å². The summed E-state index contributed by atoms with van der Waals surface area (Å²) in [5.41, 5.74) is 0. The van der Waals surface area contributed by atoms with E-state index < -0.39 is 15.0 Å². The van der Waals surface area contributed by atoms with Crippen LogP contribution in [-0.2, 0) is 13.8 Å². The molecule has 1 N–H and O–H groups in total. The Labute approximate surface area is 129 Å². The number of hydrogen-bond acceptors (Lipinski definition) is 5. The van der Waals surface area contributed by atoms with Crippen LogP contribution in [0.3, 0.4) is 0 Å². The molecule has 2 rings (SSSR count). The SMILES string of the molecule is COC1CCCC1NC(=O)c1cc(S(=O)(=O)Cl)c(Br)o1. The van der Waals surface area contributed by atoms with E-state index in [-0.39, 0.29) is 27.5 Å². The summed E-state index contributed by atoms with van der Waals surface area (Å²) in [5.74, 6) is -0.607. The summed E-state index contributed by atoms with van der Waals surface area (Å²) in [7, 11) is 2.86. The molecule has 6 nitrogen and oxygen atoms in total. The number of nitrogens with one attached hydrogen (secondary N) is 1. The summed E-state index contributed by atoms with van der Waals surface area (Å²) in [6.45, 7) is 0. The van der Waals surface area contributed by atoms with Gasteiger partial charge < -0.3 is 14.5 Å². The van der Waals surface area contributed by atoms with Crippen molar-refractivity contribution in [3.05, 3.63) is 16.5 Å². The monoisotopic (exact) mass is 385 g/mol. The van der Waals surface area contributed by atoms with Crippen LogP contribution < -0.4 is 5.32 Å². The van der Waals surface area contributed by atoms with Gasteiger partial charge in [-0.3, -0.25) is 4.79 Å². The molecule has 2 unspecified atom stereocenters. The molecule has 0 spiro atoms. The molecule has 0 bridgehead atoms. The summed E-state index contributed by atoms with van der Waals surface area (Å²) < 4.78 is 32.8. The lowest BCUT2D eigenvalue weighted by Gasteiger charge is -2.18. The van der Waals surface area contributed by atoms with Crippen LogP contribution in [0.1, 0.15) is 29.8 Å². The Morgan fingerprint density at radius 1 is 1.55 bits per heavy atom. The highest BCUT2D eigenvalue weighted by molar-refractivity contribution is 9.10. The number of carbonyl (C=O) groups is 1. The second-order valence-electron chi connectivity index (χ2n) is 4.47. The van der Waals surface area contributed by atoms with Gasteiger partial charge in [-0.2, -0.15) is 0 Å². The van der Waals surface area contributed by atoms with E-state index in [1.165, 1.54) is 0 Å². The fourth-order valence-corrected chi connectivity index (χ4v) is 4.28. The van der Waals surface area contributed by atoms with E-state index in [0.29, 0.717) is 0 Å². The highest BCUT2D eigenvalue weighted by atomic mass is 79.9. The third kappa shape index (κ3) is 3.36. The molecule has 1 fully saturated rings. The first-order valence-corrected chi connectivity index (χ1v) is 9.01. The molecular formula is C11H13BrClNO5S. The van der Waals surface area contributed by atoms with E-state index in [4.69, 9.17) is 19.8 Å². The Hall–Kier alpha value is -0.570. The van der Waals surface area contributed by atoms with E-state index in [1.807, 2.05) is 0 Å². The Morgan fingerprint density at radius 3 is 2.80 bits per heavy atom. The zero-order valence-electron chi connectivity index (χ0n) is 10.6. The molecule has 0 aromatic carbocycles. The number of amides is 1. The average molecular weight is 387 g/mol. The molecule has 1 amide bonds. The quantitative estimate of drug-likeness (QED) is 0.802. The van der Waals surface area contributed by atoms with Crippen LogP contribution in [0.25, 0.3) is 0 Å². The predicted octanol–water partition coefficient (Wildman–Crippen LogP) is 2.27. The summed E-state index contributed by atoms with van der Waals surface area (Å²) in [5, 5.41) is 2.77. The second kappa shape index (κ2) is 6.05. The lowest BCUT2D eigenvalue weighted by Crippen LogP contribution is -2.40. The van der Waals surface area contributed by atoms with Gasteiger partial charge in [-0.05, 0) is 35.2 Å². The van der Waals surface area contributed by atoms with Crippen LogP contribution in [-0.4, -0.2) is 33.6 Å². The largest absolute Gasteiger partial charge is 0.443 e. The van der Waals surface area contributed by atoms with Crippen LogP contribution in [0.4, 0.5) is 0 Å². The van der Waals surface area contributed by atoms with E-state index in [0.717, 1.165) is 25.3 Å². The third-order valence-corrected chi connectivity index (χ3v) is 5.39. The normalized spacial score (nSPS) is 22.9. The van der Waals surface area contributed by atoms with Crippen molar-refractivity contribution < 1.29 is 22.4 Å². The number of methoxy groups -OCH3 is 1. The first-order valence-electron chi connectivity index (χ1n) is 5.90. The number of hydrogen-bond donors (Lipinski definition) is 1. The minimum atomic E-state index is -3.96. The highest BCUT2D eigenvalue weighted by Crippen LogP contribution is 2.29. The van der Waals surface area contributed by atoms with Crippen LogP contribution in [0.2, 0.25) is 0 Å². The van der Waals surface area contributed by atoms with Crippen molar-refractivity contribution in [2.75, 3.05) is 7.11 Å². The Bertz CT molecular complexity index is 614. The van der Waals surface area contributed by atoms with Gasteiger partial charge in [-0.1, -0.05) is 0 Å². The molecule has 112 valence electrons. The van der Waals surface area contributed by atoms with Crippen molar-refractivity contribution in [2.45, 2.75) is 36.3 Å². The molecule has 1 aliphatic carbocycles. The zero-order chi connectivity index (χ0) is 14.9.